The summed E-state index contributed by atoms with van der Waals surface area (Å²) in [6.07, 6.45) is 7.67. The van der Waals surface area contributed by atoms with Crippen molar-refractivity contribution in [1.29, 1.82) is 0 Å². The Morgan fingerprint density at radius 1 is 1.13 bits per heavy atom. The summed E-state index contributed by atoms with van der Waals surface area (Å²) in [5, 5.41) is 11.6. The molecular weight excluding hydrogens is 382 g/mol. The van der Waals surface area contributed by atoms with E-state index in [0.29, 0.717) is 24.6 Å². The van der Waals surface area contributed by atoms with Crippen LogP contribution >= 0.6 is 0 Å². The van der Waals surface area contributed by atoms with Gasteiger partial charge < -0.3 is 14.3 Å². The van der Waals surface area contributed by atoms with E-state index in [1.165, 1.54) is 17.7 Å². The molecule has 0 fully saturated rings. The average molecular weight is 403 g/mol. The van der Waals surface area contributed by atoms with Crippen molar-refractivity contribution in [2.45, 2.75) is 32.2 Å². The van der Waals surface area contributed by atoms with Crippen molar-refractivity contribution < 1.29 is 13.7 Å². The summed E-state index contributed by atoms with van der Waals surface area (Å²) in [6.45, 7) is 1.03. The standard InChI is InChI=1S/C22H21N5O3/c28-22(17-14-20(30-26-17)19-9-5-13-29-19)24-11-12-27-18-8-2-1-6-15(18)21(25-27)16-7-3-4-10-23-16/h3-5,7,9-10,13-14H,1-2,6,8,11-12H2,(H,24,28). The highest BCUT2D eigenvalue weighted by atomic mass is 16.5. The highest BCUT2D eigenvalue weighted by molar-refractivity contribution is 5.92. The Labute approximate surface area is 172 Å². The first-order valence-electron chi connectivity index (χ1n) is 10.1. The number of aromatic nitrogens is 4. The van der Waals surface area contributed by atoms with E-state index in [-0.39, 0.29) is 11.6 Å². The SMILES string of the molecule is O=C(NCCn1nc(-c2ccccn2)c2c1CCCC2)c1cc(-c2ccco2)on1. The second-order valence-corrected chi connectivity index (χ2v) is 7.23. The summed E-state index contributed by atoms with van der Waals surface area (Å²) in [6, 6.07) is 11.0. The summed E-state index contributed by atoms with van der Waals surface area (Å²) >= 11 is 0. The number of hydrogen-bond acceptors (Lipinski definition) is 6. The molecule has 0 atom stereocenters. The van der Waals surface area contributed by atoms with Crippen LogP contribution in [0.25, 0.3) is 22.9 Å². The van der Waals surface area contributed by atoms with Gasteiger partial charge in [0.1, 0.15) is 5.69 Å². The minimum atomic E-state index is -0.289. The second-order valence-electron chi connectivity index (χ2n) is 7.23. The van der Waals surface area contributed by atoms with E-state index in [1.54, 1.807) is 30.7 Å². The van der Waals surface area contributed by atoms with Crippen LogP contribution in [0.1, 0.15) is 34.6 Å². The molecule has 1 aliphatic carbocycles. The van der Waals surface area contributed by atoms with Crippen molar-refractivity contribution in [2.75, 3.05) is 6.54 Å². The molecule has 30 heavy (non-hydrogen) atoms. The van der Waals surface area contributed by atoms with Gasteiger partial charge in [0.2, 0.25) is 5.76 Å². The maximum atomic E-state index is 12.4. The molecule has 0 aromatic carbocycles. The monoisotopic (exact) mass is 403 g/mol. The van der Waals surface area contributed by atoms with Crippen LogP contribution in [0.5, 0.6) is 0 Å². The van der Waals surface area contributed by atoms with E-state index in [1.807, 2.05) is 22.9 Å². The van der Waals surface area contributed by atoms with Crippen LogP contribution in [0, 0.1) is 0 Å². The Morgan fingerprint density at radius 2 is 2.07 bits per heavy atom. The lowest BCUT2D eigenvalue weighted by molar-refractivity contribution is 0.0943. The Kier molecular flexibility index (Phi) is 4.88. The number of nitrogens with one attached hydrogen (secondary N) is 1. The molecule has 0 radical (unpaired) electrons. The fraction of sp³-hybridized carbons (Fsp3) is 0.273. The highest BCUT2D eigenvalue weighted by Crippen LogP contribution is 2.30. The first kappa shape index (κ1) is 18.4. The molecule has 0 saturated heterocycles. The summed E-state index contributed by atoms with van der Waals surface area (Å²) in [5.41, 5.74) is 4.60. The molecule has 1 aliphatic rings. The van der Waals surface area contributed by atoms with Crippen LogP contribution < -0.4 is 5.32 Å². The number of rotatable bonds is 6. The van der Waals surface area contributed by atoms with Gasteiger partial charge in [-0.2, -0.15) is 5.10 Å². The molecule has 0 spiro atoms. The topological polar surface area (TPSA) is 99.0 Å². The van der Waals surface area contributed by atoms with Crippen LogP contribution in [-0.2, 0) is 19.4 Å². The fourth-order valence-electron chi connectivity index (χ4n) is 3.85. The molecular formula is C22H21N5O3. The Bertz CT molecular complexity index is 1150. The highest BCUT2D eigenvalue weighted by Gasteiger charge is 2.22. The molecule has 8 heteroatoms. The first-order chi connectivity index (χ1) is 14.8. The zero-order chi connectivity index (χ0) is 20.3. The lowest BCUT2D eigenvalue weighted by atomic mass is 9.95. The van der Waals surface area contributed by atoms with Crippen LogP contribution in [-0.4, -0.2) is 32.4 Å². The molecule has 1 amide bonds. The first-order valence-corrected chi connectivity index (χ1v) is 10.1. The number of pyridine rings is 1. The maximum Gasteiger partial charge on any atom is 0.273 e. The van der Waals surface area contributed by atoms with Gasteiger partial charge in [0.25, 0.3) is 5.91 Å². The van der Waals surface area contributed by atoms with Crippen molar-refractivity contribution in [2.24, 2.45) is 0 Å². The smallest absolute Gasteiger partial charge is 0.273 e. The number of furan rings is 1. The molecule has 0 unspecified atom stereocenters. The third-order valence-corrected chi connectivity index (χ3v) is 5.28. The molecule has 4 heterocycles. The number of carbonyl (C=O) groups is 1. The quantitative estimate of drug-likeness (QED) is 0.529. The average Bonchev–Trinajstić information content (AvgIpc) is 3.54. The van der Waals surface area contributed by atoms with Gasteiger partial charge in [0.15, 0.2) is 11.5 Å². The molecule has 4 aromatic heterocycles. The summed E-state index contributed by atoms with van der Waals surface area (Å²) in [4.78, 5) is 16.9. The van der Waals surface area contributed by atoms with Gasteiger partial charge in [-0.05, 0) is 49.9 Å². The zero-order valence-electron chi connectivity index (χ0n) is 16.4. The second kappa shape index (κ2) is 7.98. The van der Waals surface area contributed by atoms with Crippen molar-refractivity contribution in [3.05, 3.63) is 65.8 Å². The van der Waals surface area contributed by atoms with Crippen molar-refractivity contribution >= 4 is 5.91 Å². The van der Waals surface area contributed by atoms with Crippen molar-refractivity contribution in [1.82, 2.24) is 25.2 Å². The van der Waals surface area contributed by atoms with Crippen molar-refractivity contribution in [3.63, 3.8) is 0 Å². The number of nitrogens with zero attached hydrogens (tertiary/aromatic N) is 4. The molecule has 8 nitrogen and oxygen atoms in total. The molecule has 0 bridgehead atoms. The summed E-state index contributed by atoms with van der Waals surface area (Å²) in [5.74, 6) is 0.667. The predicted molar refractivity (Wildman–Crippen MR) is 109 cm³/mol. The van der Waals surface area contributed by atoms with Gasteiger partial charge in [0.05, 0.1) is 18.5 Å². The molecule has 0 aliphatic heterocycles. The minimum absolute atomic E-state index is 0.220. The van der Waals surface area contributed by atoms with Crippen LogP contribution in [0.15, 0.2) is 57.8 Å². The molecule has 0 saturated carbocycles. The number of hydrogen-bond donors (Lipinski definition) is 1. The van der Waals surface area contributed by atoms with E-state index in [9.17, 15) is 4.79 Å². The van der Waals surface area contributed by atoms with Crippen LogP contribution in [0.4, 0.5) is 0 Å². The fourth-order valence-corrected chi connectivity index (χ4v) is 3.85. The number of fused-ring (bicyclic) bond motifs is 1. The van der Waals surface area contributed by atoms with E-state index < -0.39 is 0 Å². The van der Waals surface area contributed by atoms with Gasteiger partial charge in [0, 0.05) is 30.1 Å². The summed E-state index contributed by atoms with van der Waals surface area (Å²) in [7, 11) is 0. The van der Waals surface area contributed by atoms with Gasteiger partial charge in [-0.3, -0.25) is 14.5 Å². The minimum Gasteiger partial charge on any atom is -0.461 e. The van der Waals surface area contributed by atoms with Gasteiger partial charge in [-0.15, -0.1) is 0 Å². The van der Waals surface area contributed by atoms with E-state index in [0.717, 1.165) is 30.7 Å². The molecule has 5 rings (SSSR count). The van der Waals surface area contributed by atoms with Gasteiger partial charge in [-0.1, -0.05) is 11.2 Å². The third-order valence-electron chi connectivity index (χ3n) is 5.28. The Balaban J connectivity index is 1.28. The predicted octanol–water partition coefficient (Wildman–Crippen LogP) is 3.50. The van der Waals surface area contributed by atoms with Gasteiger partial charge >= 0.3 is 0 Å². The van der Waals surface area contributed by atoms with Crippen LogP contribution in [0.2, 0.25) is 0 Å². The Morgan fingerprint density at radius 3 is 2.90 bits per heavy atom. The van der Waals surface area contributed by atoms with E-state index >= 15 is 0 Å². The lowest BCUT2D eigenvalue weighted by Crippen LogP contribution is -2.28. The normalized spacial score (nSPS) is 13.2. The lowest BCUT2D eigenvalue weighted by Gasteiger charge is -2.14. The van der Waals surface area contributed by atoms with E-state index in [4.69, 9.17) is 14.0 Å². The van der Waals surface area contributed by atoms with Crippen molar-refractivity contribution in [3.8, 4) is 22.9 Å². The zero-order valence-corrected chi connectivity index (χ0v) is 16.4. The van der Waals surface area contributed by atoms with E-state index in [2.05, 4.69) is 15.5 Å². The number of amides is 1. The summed E-state index contributed by atoms with van der Waals surface area (Å²) < 4.78 is 12.5. The third kappa shape index (κ3) is 3.52. The maximum absolute atomic E-state index is 12.4. The van der Waals surface area contributed by atoms with Crippen LogP contribution in [0.3, 0.4) is 0 Å². The molecule has 4 aromatic rings. The molecule has 152 valence electrons. The number of carbonyl (C=O) groups excluding carboxylic acids is 1. The van der Waals surface area contributed by atoms with Gasteiger partial charge in [-0.25, -0.2) is 0 Å². The Hall–Kier alpha value is -3.68. The molecule has 1 N–H and O–H groups in total. The largest absolute Gasteiger partial charge is 0.461 e.